The van der Waals surface area contributed by atoms with E-state index >= 15 is 0 Å². The molecule has 1 aliphatic rings. The van der Waals surface area contributed by atoms with E-state index in [0.29, 0.717) is 18.2 Å². The zero-order valence-corrected chi connectivity index (χ0v) is 17.6. The van der Waals surface area contributed by atoms with Crippen LogP contribution in [0.4, 0.5) is 4.39 Å². The van der Waals surface area contributed by atoms with Gasteiger partial charge in [0, 0.05) is 29.5 Å². The van der Waals surface area contributed by atoms with Gasteiger partial charge < -0.3 is 21.8 Å². The van der Waals surface area contributed by atoms with Crippen LogP contribution in [-0.4, -0.2) is 29.5 Å². The largest absolute Gasteiger partial charge is 0.351 e. The third-order valence-electron chi connectivity index (χ3n) is 5.67. The molecule has 2 unspecified atom stereocenters. The second-order valence-corrected chi connectivity index (χ2v) is 8.04. The smallest absolute Gasteiger partial charge is 0.267 e. The first-order chi connectivity index (χ1) is 14.0. The first kappa shape index (κ1) is 22.3. The molecule has 30 heavy (non-hydrogen) atoms. The third-order valence-corrected chi connectivity index (χ3v) is 5.67. The Morgan fingerprint density at radius 1 is 1.07 bits per heavy atom. The van der Waals surface area contributed by atoms with Crippen molar-refractivity contribution < 1.29 is 9.18 Å². The van der Waals surface area contributed by atoms with Gasteiger partial charge in [0.1, 0.15) is 11.5 Å². The van der Waals surface area contributed by atoms with Crippen LogP contribution in [0.15, 0.2) is 48.5 Å². The Morgan fingerprint density at radius 3 is 2.47 bits per heavy atom. The number of aromatic nitrogens is 1. The molecule has 4 rings (SSSR count). The highest BCUT2D eigenvalue weighted by Gasteiger charge is 2.28. The molecule has 7 heteroatoms. The van der Waals surface area contributed by atoms with Gasteiger partial charge in [-0.05, 0) is 67.0 Å². The van der Waals surface area contributed by atoms with Gasteiger partial charge in [-0.25, -0.2) is 4.39 Å². The summed E-state index contributed by atoms with van der Waals surface area (Å²) in [4.78, 5) is 15.7. The van der Waals surface area contributed by atoms with E-state index in [-0.39, 0.29) is 36.2 Å². The SMILES string of the molecule is Cl.NC(CCC(N)C1CC1)CNC(=O)c1cc2ccc(-c3ccc(F)cc3)cc2[nH]1. The van der Waals surface area contributed by atoms with Crippen LogP contribution in [0.3, 0.4) is 0 Å². The normalized spacial score (nSPS) is 15.4. The molecule has 1 aliphatic carbocycles. The van der Waals surface area contributed by atoms with Crippen molar-refractivity contribution in [2.45, 2.75) is 37.8 Å². The lowest BCUT2D eigenvalue weighted by Gasteiger charge is -2.15. The van der Waals surface area contributed by atoms with E-state index in [1.165, 1.54) is 25.0 Å². The van der Waals surface area contributed by atoms with Gasteiger partial charge in [-0.15, -0.1) is 12.4 Å². The van der Waals surface area contributed by atoms with Crippen molar-refractivity contribution >= 4 is 29.2 Å². The molecule has 1 amide bonds. The van der Waals surface area contributed by atoms with Gasteiger partial charge in [0.25, 0.3) is 5.91 Å². The number of hydrogen-bond donors (Lipinski definition) is 4. The topological polar surface area (TPSA) is 96.9 Å². The summed E-state index contributed by atoms with van der Waals surface area (Å²) in [7, 11) is 0. The summed E-state index contributed by atoms with van der Waals surface area (Å²) in [6.45, 7) is 0.423. The van der Waals surface area contributed by atoms with Gasteiger partial charge in [-0.2, -0.15) is 0 Å². The lowest BCUT2D eigenvalue weighted by Crippen LogP contribution is -2.38. The Bertz CT molecular complexity index is 1000. The number of fused-ring (bicyclic) bond motifs is 1. The molecule has 0 radical (unpaired) electrons. The Labute approximate surface area is 181 Å². The summed E-state index contributed by atoms with van der Waals surface area (Å²) in [5.74, 6) is 0.232. The fraction of sp³-hybridized carbons (Fsp3) is 0.348. The summed E-state index contributed by atoms with van der Waals surface area (Å²) in [5, 5.41) is 3.85. The summed E-state index contributed by atoms with van der Waals surface area (Å²) in [6, 6.07) is 14.2. The standard InChI is InChI=1S/C23H27FN4O.ClH/c24-18-7-5-14(6-8-18)16-3-4-17-12-22(28-21(17)11-16)23(29)27-13-19(25)9-10-20(26)15-1-2-15;/h3-8,11-12,15,19-20,28H,1-2,9-10,13,25-26H2,(H,27,29);1H. The van der Waals surface area contributed by atoms with Crippen LogP contribution >= 0.6 is 12.4 Å². The third kappa shape index (κ3) is 5.39. The number of halogens is 2. The van der Waals surface area contributed by atoms with Crippen molar-refractivity contribution in [2.24, 2.45) is 17.4 Å². The number of benzene rings is 2. The summed E-state index contributed by atoms with van der Waals surface area (Å²) in [5.41, 5.74) is 15.5. The molecule has 0 aliphatic heterocycles. The predicted molar refractivity (Wildman–Crippen MR) is 121 cm³/mol. The van der Waals surface area contributed by atoms with Crippen LogP contribution in [-0.2, 0) is 0 Å². The molecule has 0 saturated heterocycles. The molecule has 2 atom stereocenters. The van der Waals surface area contributed by atoms with Gasteiger partial charge in [0.2, 0.25) is 0 Å². The Morgan fingerprint density at radius 2 is 1.77 bits per heavy atom. The number of H-pyrrole nitrogens is 1. The van der Waals surface area contributed by atoms with Gasteiger partial charge in [-0.3, -0.25) is 4.79 Å². The first-order valence-electron chi connectivity index (χ1n) is 10.2. The van der Waals surface area contributed by atoms with Gasteiger partial charge in [0.15, 0.2) is 0 Å². The van der Waals surface area contributed by atoms with Crippen molar-refractivity contribution in [2.75, 3.05) is 6.54 Å². The minimum atomic E-state index is -0.263. The maximum absolute atomic E-state index is 13.1. The highest BCUT2D eigenvalue weighted by Crippen LogP contribution is 2.33. The number of amides is 1. The zero-order chi connectivity index (χ0) is 20.4. The fourth-order valence-electron chi connectivity index (χ4n) is 3.66. The zero-order valence-electron chi connectivity index (χ0n) is 16.7. The lowest BCUT2D eigenvalue weighted by molar-refractivity contribution is 0.0946. The number of carbonyl (C=O) groups is 1. The summed E-state index contributed by atoms with van der Waals surface area (Å²) >= 11 is 0. The summed E-state index contributed by atoms with van der Waals surface area (Å²) in [6.07, 6.45) is 4.18. The van der Waals surface area contributed by atoms with Gasteiger partial charge >= 0.3 is 0 Å². The number of rotatable bonds is 8. The van der Waals surface area contributed by atoms with Crippen molar-refractivity contribution in [1.29, 1.82) is 0 Å². The number of carbonyl (C=O) groups excluding carboxylic acids is 1. The molecule has 1 saturated carbocycles. The quantitative estimate of drug-likeness (QED) is 0.435. The minimum Gasteiger partial charge on any atom is -0.351 e. The van der Waals surface area contributed by atoms with Crippen molar-refractivity contribution in [3.8, 4) is 11.1 Å². The average molecular weight is 431 g/mol. The highest BCUT2D eigenvalue weighted by molar-refractivity contribution is 5.98. The van der Waals surface area contributed by atoms with Crippen molar-refractivity contribution in [3.63, 3.8) is 0 Å². The van der Waals surface area contributed by atoms with Gasteiger partial charge in [-0.1, -0.05) is 24.3 Å². The molecule has 0 spiro atoms. The molecule has 0 bridgehead atoms. The molecule has 5 nitrogen and oxygen atoms in total. The van der Waals surface area contributed by atoms with Crippen LogP contribution in [0.1, 0.15) is 36.2 Å². The molecule has 1 fully saturated rings. The number of aromatic amines is 1. The van der Waals surface area contributed by atoms with Crippen molar-refractivity contribution in [1.82, 2.24) is 10.3 Å². The van der Waals surface area contributed by atoms with Crippen LogP contribution < -0.4 is 16.8 Å². The van der Waals surface area contributed by atoms with Crippen LogP contribution in [0.5, 0.6) is 0 Å². The highest BCUT2D eigenvalue weighted by atomic mass is 35.5. The maximum Gasteiger partial charge on any atom is 0.267 e. The van der Waals surface area contributed by atoms with Crippen LogP contribution in [0.2, 0.25) is 0 Å². The van der Waals surface area contributed by atoms with Crippen molar-refractivity contribution in [3.05, 3.63) is 60.0 Å². The molecule has 6 N–H and O–H groups in total. The van der Waals surface area contributed by atoms with E-state index in [9.17, 15) is 9.18 Å². The molecule has 160 valence electrons. The van der Waals surface area contributed by atoms with E-state index in [0.717, 1.165) is 34.9 Å². The molecular formula is C23H28ClFN4O. The van der Waals surface area contributed by atoms with E-state index in [4.69, 9.17) is 11.5 Å². The maximum atomic E-state index is 13.1. The lowest BCUT2D eigenvalue weighted by atomic mass is 10.0. The number of nitrogens with one attached hydrogen (secondary N) is 2. The van der Waals surface area contributed by atoms with E-state index < -0.39 is 0 Å². The molecule has 1 aromatic heterocycles. The second-order valence-electron chi connectivity index (χ2n) is 8.04. The van der Waals surface area contributed by atoms with E-state index in [1.807, 2.05) is 24.3 Å². The molecule has 3 aromatic rings. The van der Waals surface area contributed by atoms with Crippen LogP contribution in [0, 0.1) is 11.7 Å². The first-order valence-corrected chi connectivity index (χ1v) is 10.2. The number of hydrogen-bond acceptors (Lipinski definition) is 3. The minimum absolute atomic E-state index is 0. The monoisotopic (exact) mass is 430 g/mol. The van der Waals surface area contributed by atoms with E-state index in [2.05, 4.69) is 10.3 Å². The Kier molecular flexibility index (Phi) is 7.13. The van der Waals surface area contributed by atoms with E-state index in [1.54, 1.807) is 12.1 Å². The average Bonchev–Trinajstić information content (AvgIpc) is 3.49. The Balaban J connectivity index is 0.00000256. The fourth-order valence-corrected chi connectivity index (χ4v) is 3.66. The van der Waals surface area contributed by atoms with Gasteiger partial charge in [0.05, 0.1) is 0 Å². The summed E-state index contributed by atoms with van der Waals surface area (Å²) < 4.78 is 13.1. The molecule has 2 aromatic carbocycles. The molecule has 1 heterocycles. The predicted octanol–water partition coefficient (Wildman–Crippen LogP) is 3.97. The Hall–Kier alpha value is -2.41. The second kappa shape index (κ2) is 9.60. The number of nitrogens with two attached hydrogens (primary N) is 2. The van der Waals surface area contributed by atoms with Crippen LogP contribution in [0.25, 0.3) is 22.0 Å². The molecular weight excluding hydrogens is 403 g/mol.